The fourth-order valence-corrected chi connectivity index (χ4v) is 3.39. The number of nitrogens with zero attached hydrogens (tertiary/aromatic N) is 3. The van der Waals surface area contributed by atoms with E-state index in [1.807, 2.05) is 61.5 Å². The number of rotatable bonds is 2. The van der Waals surface area contributed by atoms with Gasteiger partial charge in [-0.05, 0) is 19.1 Å². The van der Waals surface area contributed by atoms with Gasteiger partial charge in [0.15, 0.2) is 5.65 Å². The highest BCUT2D eigenvalue weighted by atomic mass is 16.2. The Bertz CT molecular complexity index is 1220. The Morgan fingerprint density at radius 1 is 0.926 bits per heavy atom. The summed E-state index contributed by atoms with van der Waals surface area (Å²) in [7, 11) is 0. The average Bonchev–Trinajstić information content (AvgIpc) is 3.21. The molecular weight excluding hydrogens is 340 g/mol. The first-order valence-corrected chi connectivity index (χ1v) is 8.53. The van der Waals surface area contributed by atoms with Gasteiger partial charge in [-0.1, -0.05) is 48.0 Å². The van der Waals surface area contributed by atoms with E-state index in [2.05, 4.69) is 10.3 Å². The Hall–Kier alpha value is -3.80. The van der Waals surface area contributed by atoms with E-state index in [1.54, 1.807) is 4.68 Å². The summed E-state index contributed by atoms with van der Waals surface area (Å²) in [5.74, 6) is -0.838. The molecule has 1 aliphatic heterocycles. The van der Waals surface area contributed by atoms with Crippen LogP contribution in [0, 0.1) is 6.92 Å². The van der Waals surface area contributed by atoms with Crippen molar-refractivity contribution in [1.82, 2.24) is 20.1 Å². The van der Waals surface area contributed by atoms with E-state index in [0.717, 1.165) is 16.8 Å². The maximum Gasteiger partial charge on any atom is 0.260 e. The molecule has 27 heavy (non-hydrogen) atoms. The molecule has 2 aromatic heterocycles. The highest BCUT2D eigenvalue weighted by Crippen LogP contribution is 2.34. The number of pyridine rings is 1. The number of hydrogen-bond donors (Lipinski definition) is 1. The maximum atomic E-state index is 12.5. The maximum absolute atomic E-state index is 12.5. The quantitative estimate of drug-likeness (QED) is 0.561. The van der Waals surface area contributed by atoms with Crippen molar-refractivity contribution >= 4 is 22.8 Å². The Morgan fingerprint density at radius 3 is 2.41 bits per heavy atom. The van der Waals surface area contributed by atoms with E-state index < -0.39 is 11.8 Å². The van der Waals surface area contributed by atoms with Gasteiger partial charge in [0.1, 0.15) is 5.69 Å². The summed E-state index contributed by atoms with van der Waals surface area (Å²) in [4.78, 5) is 29.0. The second-order valence-corrected chi connectivity index (χ2v) is 6.49. The van der Waals surface area contributed by atoms with Crippen LogP contribution in [0.1, 0.15) is 26.3 Å². The van der Waals surface area contributed by atoms with Crippen LogP contribution in [0.3, 0.4) is 0 Å². The second-order valence-electron chi connectivity index (χ2n) is 6.49. The molecule has 0 saturated heterocycles. The van der Waals surface area contributed by atoms with Crippen molar-refractivity contribution in [3.05, 3.63) is 77.5 Å². The van der Waals surface area contributed by atoms with Crippen LogP contribution in [0.25, 0.3) is 28.0 Å². The van der Waals surface area contributed by atoms with Crippen molar-refractivity contribution in [2.24, 2.45) is 0 Å². The van der Waals surface area contributed by atoms with Crippen molar-refractivity contribution in [2.45, 2.75) is 6.92 Å². The second kappa shape index (κ2) is 5.60. The zero-order valence-corrected chi connectivity index (χ0v) is 14.4. The summed E-state index contributed by atoms with van der Waals surface area (Å²) in [6, 6.07) is 17.5. The van der Waals surface area contributed by atoms with Crippen molar-refractivity contribution in [3.8, 4) is 16.9 Å². The van der Waals surface area contributed by atoms with Crippen LogP contribution >= 0.6 is 0 Å². The summed E-state index contributed by atoms with van der Waals surface area (Å²) in [6.45, 7) is 2.02. The lowest BCUT2D eigenvalue weighted by Crippen LogP contribution is -2.20. The molecule has 6 heteroatoms. The molecule has 6 nitrogen and oxygen atoms in total. The van der Waals surface area contributed by atoms with Crippen LogP contribution < -0.4 is 5.32 Å². The minimum atomic E-state index is -0.425. The number of hydrogen-bond acceptors (Lipinski definition) is 4. The molecule has 5 rings (SSSR count). The number of carbonyl (C=O) groups excluding carboxylic acids is 2. The highest BCUT2D eigenvalue weighted by Gasteiger charge is 2.33. The predicted molar refractivity (Wildman–Crippen MR) is 101 cm³/mol. The first-order valence-electron chi connectivity index (χ1n) is 8.53. The largest absolute Gasteiger partial charge is 0.288 e. The third kappa shape index (κ3) is 2.27. The number of fused-ring (bicyclic) bond motifs is 3. The lowest BCUT2D eigenvalue weighted by Gasteiger charge is -2.03. The molecule has 0 aliphatic carbocycles. The molecular formula is C21H14N4O2. The molecule has 4 aromatic rings. The van der Waals surface area contributed by atoms with Gasteiger partial charge in [-0.3, -0.25) is 14.9 Å². The molecule has 1 N–H and O–H groups in total. The lowest BCUT2D eigenvalue weighted by molar-refractivity contribution is 0.0880. The third-order valence-corrected chi connectivity index (χ3v) is 4.72. The topological polar surface area (TPSA) is 76.9 Å². The van der Waals surface area contributed by atoms with E-state index >= 15 is 0 Å². The van der Waals surface area contributed by atoms with E-state index in [4.69, 9.17) is 5.10 Å². The van der Waals surface area contributed by atoms with Gasteiger partial charge in [0.25, 0.3) is 11.8 Å². The molecule has 0 unspecified atom stereocenters. The Kier molecular flexibility index (Phi) is 3.21. The fourth-order valence-electron chi connectivity index (χ4n) is 3.39. The molecule has 130 valence electrons. The summed E-state index contributed by atoms with van der Waals surface area (Å²) >= 11 is 0. The summed E-state index contributed by atoms with van der Waals surface area (Å²) in [6.07, 6.45) is 1.44. The van der Waals surface area contributed by atoms with Gasteiger partial charge in [0.2, 0.25) is 0 Å². The zero-order valence-electron chi connectivity index (χ0n) is 14.4. The Balaban J connectivity index is 1.89. The Labute approximate surface area is 154 Å². The van der Waals surface area contributed by atoms with Crippen LogP contribution in [0.5, 0.6) is 0 Å². The van der Waals surface area contributed by atoms with Gasteiger partial charge in [-0.25, -0.2) is 9.67 Å². The van der Waals surface area contributed by atoms with Gasteiger partial charge in [-0.2, -0.15) is 5.10 Å². The molecule has 0 bridgehead atoms. The van der Waals surface area contributed by atoms with E-state index in [1.165, 1.54) is 6.20 Å². The lowest BCUT2D eigenvalue weighted by atomic mass is 10.0. The van der Waals surface area contributed by atoms with Gasteiger partial charge in [0.05, 0.1) is 22.2 Å². The molecule has 2 aromatic carbocycles. The number of imide groups is 1. The summed E-state index contributed by atoms with van der Waals surface area (Å²) in [5, 5.41) is 7.70. The van der Waals surface area contributed by atoms with Gasteiger partial charge >= 0.3 is 0 Å². The van der Waals surface area contributed by atoms with Crippen molar-refractivity contribution in [3.63, 3.8) is 0 Å². The first-order chi connectivity index (χ1) is 13.1. The minimum Gasteiger partial charge on any atom is -0.288 e. The molecule has 0 radical (unpaired) electrons. The number of benzene rings is 2. The molecule has 0 saturated carbocycles. The normalized spacial score (nSPS) is 13.1. The number of nitrogens with one attached hydrogen (secondary N) is 1. The Morgan fingerprint density at radius 2 is 1.67 bits per heavy atom. The van der Waals surface area contributed by atoms with Crippen LogP contribution in [0.15, 0.2) is 60.8 Å². The van der Waals surface area contributed by atoms with Crippen molar-refractivity contribution in [2.75, 3.05) is 0 Å². The first kappa shape index (κ1) is 15.5. The molecule has 0 atom stereocenters. The number of aromatic nitrogens is 3. The van der Waals surface area contributed by atoms with Gasteiger partial charge < -0.3 is 0 Å². The average molecular weight is 354 g/mol. The summed E-state index contributed by atoms with van der Waals surface area (Å²) in [5.41, 5.74) is 4.62. The minimum absolute atomic E-state index is 0.285. The monoisotopic (exact) mass is 354 g/mol. The molecule has 3 heterocycles. The number of aryl methyl sites for hydroxylation is 1. The van der Waals surface area contributed by atoms with E-state index in [9.17, 15) is 9.59 Å². The van der Waals surface area contributed by atoms with Gasteiger partial charge in [0, 0.05) is 11.8 Å². The fraction of sp³-hybridized carbons (Fsp3) is 0.0476. The van der Waals surface area contributed by atoms with Crippen LogP contribution in [-0.4, -0.2) is 26.6 Å². The van der Waals surface area contributed by atoms with Gasteiger partial charge in [-0.15, -0.1) is 0 Å². The standard InChI is InChI=1S/C21H14N4O2/c1-12-7-9-14(10-8-12)25-19-17(18(24-25)13-5-3-2-4-6-13)16-15(11-22-19)20(26)23-21(16)27/h2-11H,1H3,(H,23,26,27). The predicted octanol–water partition coefficient (Wildman–Crippen LogP) is 3.28. The molecule has 0 spiro atoms. The molecule has 2 amide bonds. The van der Waals surface area contributed by atoms with Crippen LogP contribution in [0.4, 0.5) is 0 Å². The smallest absolute Gasteiger partial charge is 0.260 e. The van der Waals surface area contributed by atoms with Crippen LogP contribution in [0.2, 0.25) is 0 Å². The molecule has 1 aliphatic rings. The SMILES string of the molecule is Cc1ccc(-n2nc(-c3ccccc3)c3c4c(cnc32)C(=O)NC4=O)cc1. The summed E-state index contributed by atoms with van der Waals surface area (Å²) < 4.78 is 1.72. The van der Waals surface area contributed by atoms with Crippen molar-refractivity contribution < 1.29 is 9.59 Å². The number of amides is 2. The number of carbonyl (C=O) groups is 2. The van der Waals surface area contributed by atoms with Crippen molar-refractivity contribution in [1.29, 1.82) is 0 Å². The van der Waals surface area contributed by atoms with Crippen LogP contribution in [-0.2, 0) is 0 Å². The highest BCUT2D eigenvalue weighted by molar-refractivity contribution is 6.27. The van der Waals surface area contributed by atoms with E-state index in [0.29, 0.717) is 22.3 Å². The third-order valence-electron chi connectivity index (χ3n) is 4.72. The van der Waals surface area contributed by atoms with E-state index in [-0.39, 0.29) is 5.56 Å². The zero-order chi connectivity index (χ0) is 18.5. The molecule has 0 fully saturated rings.